The summed E-state index contributed by atoms with van der Waals surface area (Å²) in [7, 11) is 0. The maximum atomic E-state index is 14.8. The molecule has 3 saturated carbocycles. The summed E-state index contributed by atoms with van der Waals surface area (Å²) >= 11 is 0. The maximum Gasteiger partial charge on any atom is 0.289 e. The van der Waals surface area contributed by atoms with Crippen LogP contribution in [0.2, 0.25) is 0 Å². The summed E-state index contributed by atoms with van der Waals surface area (Å²) < 4.78 is 0. The molecule has 4 aliphatic rings. The average molecular weight is 734 g/mol. The lowest BCUT2D eigenvalue weighted by atomic mass is 9.76. The highest BCUT2D eigenvalue weighted by atomic mass is 16.2. The molecule has 1 aromatic rings. The molecule has 0 radical (unpaired) electrons. The number of hydrogen-bond acceptors (Lipinski definition) is 8. The third-order valence-electron chi connectivity index (χ3n) is 11.3. The summed E-state index contributed by atoms with van der Waals surface area (Å²) in [4.78, 5) is 92.3. The van der Waals surface area contributed by atoms with Crippen LogP contribution in [0.3, 0.4) is 0 Å². The van der Waals surface area contributed by atoms with Crippen molar-refractivity contribution in [1.29, 1.82) is 0 Å². The SMILES string of the molecule is CCCC(NC(=O)[C@@H]1[C@@H](C2CCCCC2)CCN1C(=O)[C@@H](NC(=O)[C@H](C=C1CCCCC1)NC(=O)c1cnccn1)C(C)(C)C)C(=O)C(=O)NC1CC1. The van der Waals surface area contributed by atoms with Crippen molar-refractivity contribution < 1.29 is 28.8 Å². The summed E-state index contributed by atoms with van der Waals surface area (Å²) in [5, 5.41) is 11.5. The fourth-order valence-corrected chi connectivity index (χ4v) is 8.18. The number of allylic oxidation sites excluding steroid dienone is 1. The van der Waals surface area contributed by atoms with E-state index in [1.54, 1.807) is 11.0 Å². The van der Waals surface area contributed by atoms with E-state index in [2.05, 4.69) is 31.2 Å². The van der Waals surface area contributed by atoms with E-state index in [4.69, 9.17) is 0 Å². The van der Waals surface area contributed by atoms with Crippen LogP contribution in [0, 0.1) is 17.3 Å². The lowest BCUT2D eigenvalue weighted by Crippen LogP contribution is -2.61. The van der Waals surface area contributed by atoms with E-state index < -0.39 is 64.9 Å². The van der Waals surface area contributed by atoms with Crippen LogP contribution in [0.15, 0.2) is 30.2 Å². The van der Waals surface area contributed by atoms with Gasteiger partial charge in [0.2, 0.25) is 23.5 Å². The van der Waals surface area contributed by atoms with Gasteiger partial charge in [-0.15, -0.1) is 0 Å². The molecule has 53 heavy (non-hydrogen) atoms. The predicted octanol–water partition coefficient (Wildman–Crippen LogP) is 3.93. The van der Waals surface area contributed by atoms with Crippen LogP contribution in [-0.2, 0) is 24.0 Å². The molecule has 290 valence electrons. The van der Waals surface area contributed by atoms with E-state index in [-0.39, 0.29) is 23.6 Å². The Morgan fingerprint density at radius 2 is 1.58 bits per heavy atom. The zero-order valence-electron chi connectivity index (χ0n) is 32.0. The van der Waals surface area contributed by atoms with Crippen molar-refractivity contribution in [2.45, 2.75) is 154 Å². The van der Waals surface area contributed by atoms with Crippen molar-refractivity contribution in [3.05, 3.63) is 35.9 Å². The lowest BCUT2D eigenvalue weighted by Gasteiger charge is -2.38. The Hall–Kier alpha value is -4.16. The summed E-state index contributed by atoms with van der Waals surface area (Å²) in [6.45, 7) is 7.81. The molecule has 1 unspecified atom stereocenters. The molecule has 13 nitrogen and oxygen atoms in total. The molecule has 13 heteroatoms. The molecular weight excluding hydrogens is 674 g/mol. The van der Waals surface area contributed by atoms with Crippen molar-refractivity contribution in [3.63, 3.8) is 0 Å². The summed E-state index contributed by atoms with van der Waals surface area (Å²) in [5.41, 5.74) is 0.374. The first-order valence-electron chi connectivity index (χ1n) is 19.9. The van der Waals surface area contributed by atoms with Crippen LogP contribution >= 0.6 is 0 Å². The second kappa shape index (κ2) is 18.2. The molecule has 5 amide bonds. The third kappa shape index (κ3) is 10.7. The van der Waals surface area contributed by atoms with Gasteiger partial charge in [-0.3, -0.25) is 33.8 Å². The molecule has 5 atom stereocenters. The fourth-order valence-electron chi connectivity index (χ4n) is 8.18. The summed E-state index contributed by atoms with van der Waals surface area (Å²) in [6, 6.07) is -3.95. The first kappa shape index (κ1) is 40.0. The van der Waals surface area contributed by atoms with Gasteiger partial charge in [0.1, 0.15) is 23.8 Å². The Morgan fingerprint density at radius 1 is 0.887 bits per heavy atom. The quantitative estimate of drug-likeness (QED) is 0.164. The van der Waals surface area contributed by atoms with Gasteiger partial charge in [-0.25, -0.2) is 4.98 Å². The van der Waals surface area contributed by atoms with Gasteiger partial charge in [-0.05, 0) is 68.6 Å². The molecule has 3 aliphatic carbocycles. The highest BCUT2D eigenvalue weighted by molar-refractivity contribution is 6.38. The van der Waals surface area contributed by atoms with Crippen LogP contribution < -0.4 is 21.3 Å². The van der Waals surface area contributed by atoms with Gasteiger partial charge in [0.25, 0.3) is 11.8 Å². The predicted molar refractivity (Wildman–Crippen MR) is 199 cm³/mol. The van der Waals surface area contributed by atoms with E-state index in [9.17, 15) is 28.8 Å². The number of ketones is 1. The summed E-state index contributed by atoms with van der Waals surface area (Å²) in [5.74, 6) is -3.16. The fraction of sp³-hybridized carbons (Fsp3) is 0.700. The van der Waals surface area contributed by atoms with Crippen molar-refractivity contribution in [2.75, 3.05) is 6.54 Å². The van der Waals surface area contributed by atoms with Crippen LogP contribution in [0.4, 0.5) is 0 Å². The van der Waals surface area contributed by atoms with Gasteiger partial charge >= 0.3 is 0 Å². The van der Waals surface area contributed by atoms with Gasteiger partial charge in [0, 0.05) is 25.0 Å². The van der Waals surface area contributed by atoms with Crippen molar-refractivity contribution in [1.82, 2.24) is 36.1 Å². The Kier molecular flexibility index (Phi) is 13.8. The second-order valence-corrected chi connectivity index (χ2v) is 16.5. The van der Waals surface area contributed by atoms with Gasteiger partial charge in [0.15, 0.2) is 0 Å². The number of carbonyl (C=O) groups excluding carboxylic acids is 6. The van der Waals surface area contributed by atoms with Crippen LogP contribution in [0.25, 0.3) is 0 Å². The molecule has 2 heterocycles. The first-order valence-corrected chi connectivity index (χ1v) is 19.9. The van der Waals surface area contributed by atoms with E-state index in [1.807, 2.05) is 27.7 Å². The van der Waals surface area contributed by atoms with Gasteiger partial charge in [-0.1, -0.05) is 84.3 Å². The molecule has 1 aliphatic heterocycles. The number of hydrogen-bond donors (Lipinski definition) is 4. The number of carbonyl (C=O) groups is 6. The number of nitrogens with zero attached hydrogens (tertiary/aromatic N) is 3. The largest absolute Gasteiger partial charge is 0.347 e. The van der Waals surface area contributed by atoms with Gasteiger partial charge in [0.05, 0.1) is 12.2 Å². The van der Waals surface area contributed by atoms with Gasteiger partial charge in [-0.2, -0.15) is 0 Å². The number of Topliss-reactive ketones (excluding diaryl/α,β-unsaturated/α-hetero) is 1. The third-order valence-corrected chi connectivity index (χ3v) is 11.3. The molecule has 0 spiro atoms. The van der Waals surface area contributed by atoms with Crippen LogP contribution in [-0.4, -0.2) is 86.9 Å². The van der Waals surface area contributed by atoms with Gasteiger partial charge < -0.3 is 26.2 Å². The number of likely N-dealkylation sites (tertiary alicyclic amines) is 1. The average Bonchev–Trinajstić information content (AvgIpc) is 3.86. The molecule has 0 aromatic carbocycles. The molecule has 0 bridgehead atoms. The zero-order valence-corrected chi connectivity index (χ0v) is 32.0. The maximum absolute atomic E-state index is 14.8. The van der Waals surface area contributed by atoms with Crippen LogP contribution in [0.5, 0.6) is 0 Å². The highest BCUT2D eigenvalue weighted by Gasteiger charge is 2.49. The Labute approximate surface area is 313 Å². The molecule has 1 saturated heterocycles. The molecule has 1 aromatic heterocycles. The Bertz CT molecular complexity index is 1510. The van der Waals surface area contributed by atoms with E-state index in [0.29, 0.717) is 25.8 Å². The number of nitrogens with one attached hydrogen (secondary N) is 4. The van der Waals surface area contributed by atoms with Crippen LogP contribution in [0.1, 0.15) is 134 Å². The standard InChI is InChI=1S/C40H59N7O6/c1-5-12-29(33(48)38(52)43-27-17-18-27)44-37(51)32-28(26-15-10-7-11-16-26)19-22-47(32)39(53)34(40(2,3)4)46-35(49)30(23-25-13-8-6-9-14-25)45-36(50)31-24-41-20-21-42-31/h20-21,23-24,26-30,32,34H,5-19,22H2,1-4H3,(H,43,52)(H,44,51)(H,45,50)(H,46,49)/t28-,29?,30+,32+,34-/m1/s1. The molecule has 5 rings (SSSR count). The minimum atomic E-state index is -1.06. The Balaban J connectivity index is 1.40. The number of rotatable bonds is 14. The Morgan fingerprint density at radius 3 is 2.21 bits per heavy atom. The molecule has 4 N–H and O–H groups in total. The lowest BCUT2D eigenvalue weighted by molar-refractivity contribution is -0.146. The summed E-state index contributed by atoms with van der Waals surface area (Å²) in [6.07, 6.45) is 19.1. The van der Waals surface area contributed by atoms with Crippen molar-refractivity contribution in [2.24, 2.45) is 17.3 Å². The first-order chi connectivity index (χ1) is 25.4. The van der Waals surface area contributed by atoms with E-state index in [0.717, 1.165) is 82.6 Å². The normalized spacial score (nSPS) is 22.6. The highest BCUT2D eigenvalue weighted by Crippen LogP contribution is 2.40. The molecular formula is C40H59N7O6. The smallest absolute Gasteiger partial charge is 0.289 e. The number of amides is 5. The zero-order chi connectivity index (χ0) is 38.1. The van der Waals surface area contributed by atoms with E-state index in [1.165, 1.54) is 18.6 Å². The minimum absolute atomic E-state index is 0.00591. The van der Waals surface area contributed by atoms with Crippen molar-refractivity contribution >= 4 is 35.3 Å². The second-order valence-electron chi connectivity index (χ2n) is 16.5. The minimum Gasteiger partial charge on any atom is -0.347 e. The van der Waals surface area contributed by atoms with Crippen molar-refractivity contribution in [3.8, 4) is 0 Å². The number of aromatic nitrogens is 2. The monoisotopic (exact) mass is 733 g/mol. The topological polar surface area (TPSA) is 180 Å². The molecule has 4 fully saturated rings. The van der Waals surface area contributed by atoms with E-state index >= 15 is 0 Å².